The van der Waals surface area contributed by atoms with Crippen LogP contribution < -0.4 is 5.73 Å². The van der Waals surface area contributed by atoms with E-state index in [0.29, 0.717) is 6.04 Å². The molecule has 0 aromatic carbocycles. The van der Waals surface area contributed by atoms with Crippen molar-refractivity contribution in [3.63, 3.8) is 0 Å². The van der Waals surface area contributed by atoms with Crippen molar-refractivity contribution in [2.24, 2.45) is 5.73 Å². The molecule has 2 unspecified atom stereocenters. The van der Waals surface area contributed by atoms with E-state index in [9.17, 15) is 0 Å². The first kappa shape index (κ1) is 9.65. The van der Waals surface area contributed by atoms with Crippen molar-refractivity contribution < 1.29 is 0 Å². The highest BCUT2D eigenvalue weighted by molar-refractivity contribution is 5.07. The fourth-order valence-corrected chi connectivity index (χ4v) is 1.72. The number of hydrogen-bond donors (Lipinski definition) is 1. The van der Waals surface area contributed by atoms with Crippen LogP contribution in [-0.2, 0) is 0 Å². The van der Waals surface area contributed by atoms with Gasteiger partial charge in [-0.3, -0.25) is 0 Å². The summed E-state index contributed by atoms with van der Waals surface area (Å²) in [6.07, 6.45) is 2.52. The van der Waals surface area contributed by atoms with E-state index in [2.05, 4.69) is 21.7 Å². The van der Waals surface area contributed by atoms with Gasteiger partial charge < -0.3 is 10.3 Å². The minimum atomic E-state index is 0.135. The number of hydrogen-bond acceptors (Lipinski definition) is 3. The molecule has 2 rings (SSSR count). The van der Waals surface area contributed by atoms with Crippen LogP contribution in [-0.4, -0.2) is 20.8 Å². The minimum absolute atomic E-state index is 0.135. The molecule has 0 saturated heterocycles. The predicted octanol–water partition coefficient (Wildman–Crippen LogP) is 1.37. The van der Waals surface area contributed by atoms with E-state index < -0.39 is 0 Å². The Morgan fingerprint density at radius 1 is 1.36 bits per heavy atom. The van der Waals surface area contributed by atoms with Gasteiger partial charge in [0.25, 0.3) is 0 Å². The van der Waals surface area contributed by atoms with Gasteiger partial charge in [-0.05, 0) is 26.7 Å². The Morgan fingerprint density at radius 3 is 2.50 bits per heavy atom. The third kappa shape index (κ3) is 1.54. The second-order valence-electron chi connectivity index (χ2n) is 4.35. The maximum absolute atomic E-state index is 5.89. The summed E-state index contributed by atoms with van der Waals surface area (Å²) in [5, 5.41) is 8.37. The van der Waals surface area contributed by atoms with E-state index in [1.807, 2.05) is 13.8 Å². The number of aryl methyl sites for hydroxylation is 1. The topological polar surface area (TPSA) is 56.7 Å². The van der Waals surface area contributed by atoms with Crippen molar-refractivity contribution >= 4 is 0 Å². The molecule has 1 aliphatic carbocycles. The van der Waals surface area contributed by atoms with Crippen molar-refractivity contribution in [1.29, 1.82) is 0 Å². The molecule has 4 nitrogen and oxygen atoms in total. The van der Waals surface area contributed by atoms with Gasteiger partial charge in [0.2, 0.25) is 0 Å². The van der Waals surface area contributed by atoms with Gasteiger partial charge in [-0.15, -0.1) is 10.2 Å². The van der Waals surface area contributed by atoms with Crippen LogP contribution in [0.1, 0.15) is 50.3 Å². The monoisotopic (exact) mass is 194 g/mol. The van der Waals surface area contributed by atoms with Gasteiger partial charge >= 0.3 is 0 Å². The van der Waals surface area contributed by atoms with E-state index in [-0.39, 0.29) is 12.0 Å². The average Bonchev–Trinajstić information content (AvgIpc) is 2.89. The zero-order chi connectivity index (χ0) is 10.3. The lowest BCUT2D eigenvalue weighted by molar-refractivity contribution is 0.536. The van der Waals surface area contributed by atoms with Gasteiger partial charge in [0.1, 0.15) is 11.6 Å². The number of nitrogens with two attached hydrogens (primary N) is 1. The first-order valence-electron chi connectivity index (χ1n) is 5.28. The van der Waals surface area contributed by atoms with E-state index in [1.165, 1.54) is 12.8 Å². The van der Waals surface area contributed by atoms with Crippen molar-refractivity contribution in [3.8, 4) is 0 Å². The van der Waals surface area contributed by atoms with Crippen LogP contribution in [0.3, 0.4) is 0 Å². The second-order valence-corrected chi connectivity index (χ2v) is 4.35. The van der Waals surface area contributed by atoms with Gasteiger partial charge in [-0.25, -0.2) is 0 Å². The van der Waals surface area contributed by atoms with Crippen molar-refractivity contribution in [2.75, 3.05) is 0 Å². The first-order chi connectivity index (χ1) is 6.61. The Kier molecular flexibility index (Phi) is 2.31. The van der Waals surface area contributed by atoms with Crippen LogP contribution in [0.25, 0.3) is 0 Å². The van der Waals surface area contributed by atoms with Gasteiger partial charge in [-0.1, -0.05) is 6.92 Å². The minimum Gasteiger partial charge on any atom is -0.327 e. The largest absolute Gasteiger partial charge is 0.327 e. The van der Waals surface area contributed by atoms with Crippen LogP contribution in [0.5, 0.6) is 0 Å². The van der Waals surface area contributed by atoms with Crippen LogP contribution in [0.2, 0.25) is 0 Å². The SMILES string of the molecule is Cc1nnc(C(C)C(C)N)n1C1CC1. The van der Waals surface area contributed by atoms with Crippen LogP contribution in [0, 0.1) is 6.92 Å². The molecular formula is C10H18N4. The quantitative estimate of drug-likeness (QED) is 0.790. The maximum atomic E-state index is 5.89. The zero-order valence-corrected chi connectivity index (χ0v) is 9.07. The zero-order valence-electron chi connectivity index (χ0n) is 9.07. The predicted molar refractivity (Wildman–Crippen MR) is 55.1 cm³/mol. The summed E-state index contributed by atoms with van der Waals surface area (Å²) in [7, 11) is 0. The fraction of sp³-hybridized carbons (Fsp3) is 0.800. The Bertz CT molecular complexity index is 325. The van der Waals surface area contributed by atoms with Crippen molar-refractivity contribution in [3.05, 3.63) is 11.6 Å². The molecular weight excluding hydrogens is 176 g/mol. The maximum Gasteiger partial charge on any atom is 0.137 e. The summed E-state index contributed by atoms with van der Waals surface area (Å²) < 4.78 is 2.26. The van der Waals surface area contributed by atoms with E-state index in [0.717, 1.165) is 11.6 Å². The second kappa shape index (κ2) is 3.35. The van der Waals surface area contributed by atoms with Crippen LogP contribution in [0.4, 0.5) is 0 Å². The smallest absolute Gasteiger partial charge is 0.137 e. The lowest BCUT2D eigenvalue weighted by Crippen LogP contribution is -2.25. The molecule has 0 radical (unpaired) electrons. The standard InChI is InChI=1S/C10H18N4/c1-6(7(2)11)10-13-12-8(3)14(10)9-4-5-9/h6-7,9H,4-5,11H2,1-3H3. The Morgan fingerprint density at radius 2 is 2.00 bits per heavy atom. The molecule has 0 spiro atoms. The lowest BCUT2D eigenvalue weighted by Gasteiger charge is -2.16. The average molecular weight is 194 g/mol. The molecule has 1 aromatic heterocycles. The molecule has 1 heterocycles. The molecule has 4 heteroatoms. The summed E-state index contributed by atoms with van der Waals surface area (Å²) in [5.74, 6) is 2.37. The Balaban J connectivity index is 2.32. The Hall–Kier alpha value is -0.900. The third-order valence-corrected chi connectivity index (χ3v) is 3.00. The summed E-state index contributed by atoms with van der Waals surface area (Å²) in [6.45, 7) is 6.15. The highest BCUT2D eigenvalue weighted by Gasteiger charge is 2.30. The normalized spacial score (nSPS) is 20.9. The summed E-state index contributed by atoms with van der Waals surface area (Å²) >= 11 is 0. The highest BCUT2D eigenvalue weighted by Crippen LogP contribution is 2.38. The van der Waals surface area contributed by atoms with Gasteiger partial charge in [0, 0.05) is 18.0 Å². The number of rotatable bonds is 3. The molecule has 0 aliphatic heterocycles. The van der Waals surface area contributed by atoms with Gasteiger partial charge in [-0.2, -0.15) is 0 Å². The first-order valence-corrected chi connectivity index (χ1v) is 5.28. The summed E-state index contributed by atoms with van der Waals surface area (Å²) in [5.41, 5.74) is 5.89. The van der Waals surface area contributed by atoms with Crippen LogP contribution in [0.15, 0.2) is 0 Å². The van der Waals surface area contributed by atoms with Crippen molar-refractivity contribution in [1.82, 2.24) is 14.8 Å². The molecule has 1 saturated carbocycles. The van der Waals surface area contributed by atoms with Gasteiger partial charge in [0.05, 0.1) is 0 Å². The number of nitrogens with zero attached hydrogens (tertiary/aromatic N) is 3. The van der Waals surface area contributed by atoms with Gasteiger partial charge in [0.15, 0.2) is 0 Å². The molecule has 1 fully saturated rings. The Labute approximate surface area is 84.5 Å². The molecule has 0 amide bonds. The molecule has 0 bridgehead atoms. The summed E-state index contributed by atoms with van der Waals surface area (Å²) in [6, 6.07) is 0.775. The lowest BCUT2D eigenvalue weighted by atomic mass is 10.0. The number of aromatic nitrogens is 3. The van der Waals surface area contributed by atoms with Crippen LogP contribution >= 0.6 is 0 Å². The molecule has 78 valence electrons. The van der Waals surface area contributed by atoms with E-state index in [1.54, 1.807) is 0 Å². The third-order valence-electron chi connectivity index (χ3n) is 3.00. The fourth-order valence-electron chi connectivity index (χ4n) is 1.72. The van der Waals surface area contributed by atoms with Crippen molar-refractivity contribution in [2.45, 2.75) is 51.6 Å². The summed E-state index contributed by atoms with van der Waals surface area (Å²) in [4.78, 5) is 0. The van der Waals surface area contributed by atoms with E-state index >= 15 is 0 Å². The molecule has 1 aromatic rings. The molecule has 2 atom stereocenters. The molecule has 14 heavy (non-hydrogen) atoms. The molecule has 1 aliphatic rings. The van der Waals surface area contributed by atoms with E-state index in [4.69, 9.17) is 5.73 Å². The highest BCUT2D eigenvalue weighted by atomic mass is 15.3. The molecule has 2 N–H and O–H groups in total.